The minimum atomic E-state index is 0.677. The summed E-state index contributed by atoms with van der Waals surface area (Å²) in [4.78, 5) is 7.94. The van der Waals surface area contributed by atoms with Gasteiger partial charge in [0.05, 0.1) is 20.4 Å². The number of benzene rings is 1. The molecule has 3 heterocycles. The van der Waals surface area contributed by atoms with Gasteiger partial charge >= 0.3 is 0 Å². The smallest absolute Gasteiger partial charge is 0.284 e. The Balaban J connectivity index is 1.62. The van der Waals surface area contributed by atoms with Crippen LogP contribution in [0.1, 0.15) is 0 Å². The highest BCUT2D eigenvalue weighted by molar-refractivity contribution is 7.14. The Kier molecular flexibility index (Phi) is 3.99. The van der Waals surface area contributed by atoms with Crippen LogP contribution in [-0.2, 0) is 0 Å². The molecule has 4 aromatic rings. The predicted molar refractivity (Wildman–Crippen MR) is 97.9 cm³/mol. The molecule has 1 aromatic carbocycles. The predicted octanol–water partition coefficient (Wildman–Crippen LogP) is 3.64. The van der Waals surface area contributed by atoms with Gasteiger partial charge in [0.2, 0.25) is 0 Å². The maximum Gasteiger partial charge on any atom is 0.284 e. The first-order valence-electron chi connectivity index (χ1n) is 7.71. The van der Waals surface area contributed by atoms with Crippen molar-refractivity contribution in [1.29, 1.82) is 0 Å². The lowest BCUT2D eigenvalue weighted by Crippen LogP contribution is -2.20. The van der Waals surface area contributed by atoms with Crippen LogP contribution in [0.4, 0.5) is 10.8 Å². The van der Waals surface area contributed by atoms with Crippen LogP contribution >= 0.6 is 11.3 Å². The first-order chi connectivity index (χ1) is 12.3. The third kappa shape index (κ3) is 2.89. The van der Waals surface area contributed by atoms with Gasteiger partial charge in [-0.15, -0.1) is 11.3 Å². The highest BCUT2D eigenvalue weighted by atomic mass is 32.1. The van der Waals surface area contributed by atoms with Gasteiger partial charge in [-0.3, -0.25) is 0 Å². The SMILES string of the molecule is COc1ccc(Nc2nc(-c3c[nH]c4cccc[n+]34)cs2)cc1OC. The fourth-order valence-electron chi connectivity index (χ4n) is 2.67. The Morgan fingerprint density at radius 1 is 1.12 bits per heavy atom. The summed E-state index contributed by atoms with van der Waals surface area (Å²) in [5.41, 5.74) is 3.85. The van der Waals surface area contributed by atoms with E-state index in [2.05, 4.69) is 14.7 Å². The third-order valence-electron chi connectivity index (χ3n) is 3.88. The van der Waals surface area contributed by atoms with Crippen molar-refractivity contribution in [3.8, 4) is 22.9 Å². The van der Waals surface area contributed by atoms with Crippen LogP contribution in [0.2, 0.25) is 0 Å². The van der Waals surface area contributed by atoms with Gasteiger partial charge in [0.1, 0.15) is 11.9 Å². The monoisotopic (exact) mass is 353 g/mol. The molecule has 0 saturated carbocycles. The number of imidazole rings is 1. The number of ether oxygens (including phenoxy) is 2. The Bertz CT molecular complexity index is 1020. The fourth-order valence-corrected chi connectivity index (χ4v) is 3.39. The highest BCUT2D eigenvalue weighted by Gasteiger charge is 2.15. The van der Waals surface area contributed by atoms with Crippen LogP contribution in [-0.4, -0.2) is 24.2 Å². The molecular weight excluding hydrogens is 336 g/mol. The largest absolute Gasteiger partial charge is 0.493 e. The molecule has 6 nitrogen and oxygen atoms in total. The number of aromatic nitrogens is 3. The number of fused-ring (bicyclic) bond motifs is 1. The zero-order valence-electron chi connectivity index (χ0n) is 13.8. The second-order valence-electron chi connectivity index (χ2n) is 5.36. The van der Waals surface area contributed by atoms with E-state index in [9.17, 15) is 0 Å². The number of aromatic amines is 1. The van der Waals surface area contributed by atoms with Gasteiger partial charge < -0.3 is 14.8 Å². The number of methoxy groups -OCH3 is 2. The molecule has 126 valence electrons. The number of H-pyrrole nitrogens is 1. The van der Waals surface area contributed by atoms with Crippen molar-refractivity contribution in [2.45, 2.75) is 0 Å². The molecule has 3 aromatic heterocycles. The molecule has 4 rings (SSSR count). The quantitative estimate of drug-likeness (QED) is 0.538. The zero-order chi connectivity index (χ0) is 17.2. The number of hydrogen-bond donors (Lipinski definition) is 2. The van der Waals surface area contributed by atoms with Crippen LogP contribution in [0.5, 0.6) is 11.5 Å². The van der Waals surface area contributed by atoms with Gasteiger partial charge in [0, 0.05) is 23.2 Å². The molecule has 0 aliphatic carbocycles. The maximum atomic E-state index is 5.34. The standard InChI is InChI=1S/C18H16N4O2S/c1-23-15-7-6-12(9-16(15)24-2)20-18-21-13(11-25-18)14-10-19-17-5-3-4-8-22(14)17/h3-11H,1-2H3,(H,20,21)/p+1. The van der Waals surface area contributed by atoms with E-state index in [1.807, 2.05) is 54.2 Å². The van der Waals surface area contributed by atoms with Gasteiger partial charge in [-0.2, -0.15) is 4.40 Å². The summed E-state index contributed by atoms with van der Waals surface area (Å²) in [5, 5.41) is 6.16. The Morgan fingerprint density at radius 3 is 2.84 bits per heavy atom. The third-order valence-corrected chi connectivity index (χ3v) is 4.64. The summed E-state index contributed by atoms with van der Waals surface area (Å²) in [6.07, 6.45) is 3.98. The number of rotatable bonds is 5. The number of anilines is 2. The molecule has 0 bridgehead atoms. The van der Waals surface area contributed by atoms with Crippen molar-refractivity contribution >= 4 is 27.8 Å². The normalized spacial score (nSPS) is 10.8. The molecule has 25 heavy (non-hydrogen) atoms. The van der Waals surface area contributed by atoms with Crippen LogP contribution in [0.25, 0.3) is 17.0 Å². The van der Waals surface area contributed by atoms with E-state index in [4.69, 9.17) is 14.5 Å². The van der Waals surface area contributed by atoms with Crippen molar-refractivity contribution in [3.63, 3.8) is 0 Å². The van der Waals surface area contributed by atoms with E-state index in [0.717, 1.165) is 27.9 Å². The van der Waals surface area contributed by atoms with Crippen molar-refractivity contribution in [2.24, 2.45) is 0 Å². The molecule has 0 aliphatic heterocycles. The maximum absolute atomic E-state index is 5.34. The van der Waals surface area contributed by atoms with Gasteiger partial charge in [0.25, 0.3) is 5.65 Å². The number of thiazole rings is 1. The van der Waals surface area contributed by atoms with Crippen molar-refractivity contribution in [3.05, 3.63) is 54.2 Å². The van der Waals surface area contributed by atoms with Crippen molar-refractivity contribution < 1.29 is 13.9 Å². The number of nitrogens with one attached hydrogen (secondary N) is 2. The topological polar surface area (TPSA) is 63.3 Å². The van der Waals surface area contributed by atoms with E-state index in [-0.39, 0.29) is 0 Å². The van der Waals surface area contributed by atoms with Crippen LogP contribution in [0.15, 0.2) is 54.2 Å². The fraction of sp³-hybridized carbons (Fsp3) is 0.111. The molecule has 0 fully saturated rings. The van der Waals surface area contributed by atoms with Crippen LogP contribution in [0, 0.1) is 0 Å². The second-order valence-corrected chi connectivity index (χ2v) is 6.22. The van der Waals surface area contributed by atoms with Gasteiger partial charge in [-0.1, -0.05) is 6.07 Å². The Labute approximate surface area is 148 Å². The molecule has 0 amide bonds. The van der Waals surface area contributed by atoms with E-state index < -0.39 is 0 Å². The zero-order valence-corrected chi connectivity index (χ0v) is 14.6. The van der Waals surface area contributed by atoms with E-state index in [1.165, 1.54) is 0 Å². The molecule has 0 radical (unpaired) electrons. The molecule has 2 N–H and O–H groups in total. The van der Waals surface area contributed by atoms with Gasteiger partial charge in [-0.05, 0) is 18.2 Å². The first-order valence-corrected chi connectivity index (χ1v) is 8.59. The Morgan fingerprint density at radius 2 is 2.00 bits per heavy atom. The van der Waals surface area contributed by atoms with Crippen LogP contribution < -0.4 is 19.2 Å². The summed E-state index contributed by atoms with van der Waals surface area (Å²) in [6.45, 7) is 0. The Hall–Kier alpha value is -3.06. The van der Waals surface area contributed by atoms with Gasteiger partial charge in [0.15, 0.2) is 22.3 Å². The highest BCUT2D eigenvalue weighted by Crippen LogP contribution is 2.32. The summed E-state index contributed by atoms with van der Waals surface area (Å²) in [7, 11) is 3.24. The molecule has 0 atom stereocenters. The summed E-state index contributed by atoms with van der Waals surface area (Å²) < 4.78 is 12.7. The molecule has 0 unspecified atom stereocenters. The second kappa shape index (κ2) is 6.45. The number of hydrogen-bond acceptors (Lipinski definition) is 5. The average Bonchev–Trinajstić information content (AvgIpc) is 3.28. The van der Waals surface area contributed by atoms with E-state index in [1.54, 1.807) is 25.6 Å². The molecule has 0 saturated heterocycles. The van der Waals surface area contributed by atoms with E-state index >= 15 is 0 Å². The first kappa shape index (κ1) is 15.5. The lowest BCUT2D eigenvalue weighted by Gasteiger charge is -2.09. The van der Waals surface area contributed by atoms with Crippen molar-refractivity contribution in [1.82, 2.24) is 9.97 Å². The molecular formula is C18H17N4O2S+. The minimum absolute atomic E-state index is 0.677. The average molecular weight is 353 g/mol. The van der Waals surface area contributed by atoms with Crippen molar-refractivity contribution in [2.75, 3.05) is 19.5 Å². The minimum Gasteiger partial charge on any atom is -0.493 e. The summed E-state index contributed by atoms with van der Waals surface area (Å²) >= 11 is 1.55. The summed E-state index contributed by atoms with van der Waals surface area (Å²) in [5.74, 6) is 1.37. The summed E-state index contributed by atoms with van der Waals surface area (Å²) in [6, 6.07) is 11.7. The number of pyridine rings is 1. The lowest BCUT2D eigenvalue weighted by molar-refractivity contribution is -0.498. The van der Waals surface area contributed by atoms with E-state index in [0.29, 0.717) is 11.5 Å². The molecule has 7 heteroatoms. The van der Waals surface area contributed by atoms with Crippen LogP contribution in [0.3, 0.4) is 0 Å². The number of nitrogens with zero attached hydrogens (tertiary/aromatic N) is 2. The molecule has 0 spiro atoms. The van der Waals surface area contributed by atoms with Gasteiger partial charge in [-0.25, -0.2) is 9.97 Å². The lowest BCUT2D eigenvalue weighted by atomic mass is 10.3. The molecule has 0 aliphatic rings.